The molecule has 0 bridgehead atoms. The van der Waals surface area contributed by atoms with E-state index in [0.717, 1.165) is 60.7 Å². The zero-order valence-electron chi connectivity index (χ0n) is 30.6. The van der Waals surface area contributed by atoms with Crippen molar-refractivity contribution in [2.24, 2.45) is 11.7 Å². The fraction of sp³-hybridized carbons (Fsp3) is 0.375. The number of pyridine rings is 2. The zero-order chi connectivity index (χ0) is 39.1. The second-order valence-corrected chi connectivity index (χ2v) is 14.6. The maximum Gasteiger partial charge on any atom is 0.270 e. The number of Topliss-reactive ketones (excluding diaryl/α,β-unsaturated/α-hetero) is 1. The first-order chi connectivity index (χ1) is 26.5. The second kappa shape index (κ2) is 18.1. The van der Waals surface area contributed by atoms with E-state index >= 15 is 0 Å². The molecule has 55 heavy (non-hydrogen) atoms. The van der Waals surface area contributed by atoms with Crippen LogP contribution in [0.1, 0.15) is 90.4 Å². The molecule has 2 atom stereocenters. The highest BCUT2D eigenvalue weighted by molar-refractivity contribution is 6.37. The number of anilines is 2. The molecule has 7 rings (SSSR count). The van der Waals surface area contributed by atoms with Crippen LogP contribution in [0.4, 0.5) is 17.5 Å². The molecule has 2 fully saturated rings. The molecule has 5 aromatic rings. The van der Waals surface area contributed by atoms with Crippen LogP contribution in [-0.2, 0) is 9.47 Å². The lowest BCUT2D eigenvalue weighted by atomic mass is 9.92. The predicted molar refractivity (Wildman–Crippen MR) is 215 cm³/mol. The maximum atomic E-state index is 13.2. The van der Waals surface area contributed by atoms with Crippen LogP contribution in [-0.4, -0.2) is 64.1 Å². The average Bonchev–Trinajstić information content (AvgIpc) is 3.18. The van der Waals surface area contributed by atoms with Crippen LogP contribution < -0.4 is 22.1 Å². The number of halogens is 2. The van der Waals surface area contributed by atoms with Crippen LogP contribution in [0.3, 0.4) is 0 Å². The van der Waals surface area contributed by atoms with Crippen molar-refractivity contribution in [2.45, 2.75) is 64.1 Å². The average molecular weight is 785 g/mol. The number of nitrogen functional groups attached to an aromatic ring is 1. The summed E-state index contributed by atoms with van der Waals surface area (Å²) in [6, 6.07) is 14.3. The Morgan fingerprint density at radius 1 is 0.891 bits per heavy atom. The molecule has 13 nitrogen and oxygen atoms in total. The van der Waals surface area contributed by atoms with Crippen LogP contribution >= 0.6 is 23.2 Å². The van der Waals surface area contributed by atoms with Crippen molar-refractivity contribution in [3.8, 4) is 0 Å². The van der Waals surface area contributed by atoms with E-state index in [-0.39, 0.29) is 47.1 Å². The number of hydrogen-bond donors (Lipinski definition) is 4. The topological polar surface area (TPSA) is 185 Å². The van der Waals surface area contributed by atoms with Gasteiger partial charge in [0.1, 0.15) is 17.2 Å². The first-order valence-electron chi connectivity index (χ1n) is 18.2. The Hall–Kier alpha value is -4.97. The van der Waals surface area contributed by atoms with Gasteiger partial charge in [-0.1, -0.05) is 47.5 Å². The number of rotatable bonds is 9. The number of nitrogens with two attached hydrogens (primary N) is 2. The van der Waals surface area contributed by atoms with Crippen molar-refractivity contribution in [3.05, 3.63) is 99.0 Å². The van der Waals surface area contributed by atoms with Crippen molar-refractivity contribution in [1.29, 1.82) is 0 Å². The van der Waals surface area contributed by atoms with E-state index in [0.29, 0.717) is 58.2 Å². The molecule has 0 unspecified atom stereocenters. The molecule has 2 saturated heterocycles. The quantitative estimate of drug-likeness (QED) is 0.0845. The summed E-state index contributed by atoms with van der Waals surface area (Å²) in [5.74, 6) is 0.479. The highest BCUT2D eigenvalue weighted by Gasteiger charge is 2.24. The standard InChI is InChI=1S/C22H22ClN7O2.C18H21ClN2O2/c1-12(27-20-17(25-2)11-26-22(24)30-20)16-10-13-4-3-5-15(23)18(13)19(29-16)21(31)28-14-6-8-32-9-7-14;1-11(20)15-10-13-3-2-4-14(19)17(13)18(21-15)16(22)9-12-5-7-23-8-6-12/h3-5,10-12,14H,6-9H2,1H3,(H,28,31)(H3,24,26,27,30);2-4,10-12H,5-9,20H2,1H3/t12-;11-/m00/s1. The van der Waals surface area contributed by atoms with E-state index in [1.807, 2.05) is 50.2 Å². The molecule has 0 spiro atoms. The Labute approximate surface area is 329 Å². The van der Waals surface area contributed by atoms with Gasteiger partial charge in [-0.3, -0.25) is 9.59 Å². The van der Waals surface area contributed by atoms with E-state index in [1.165, 1.54) is 6.20 Å². The Balaban J connectivity index is 0.000000197. The molecule has 1 amide bonds. The summed E-state index contributed by atoms with van der Waals surface area (Å²) < 4.78 is 10.7. The molecule has 5 heterocycles. The van der Waals surface area contributed by atoms with E-state index in [1.54, 1.807) is 12.1 Å². The Kier molecular flexibility index (Phi) is 13.1. The maximum absolute atomic E-state index is 13.2. The number of carbonyl (C=O) groups excluding carboxylic acids is 2. The third-order valence-electron chi connectivity index (χ3n) is 9.68. The minimum Gasteiger partial charge on any atom is -0.381 e. The molecule has 2 aliphatic heterocycles. The van der Waals surface area contributed by atoms with Gasteiger partial charge in [0.25, 0.3) is 5.91 Å². The highest BCUT2D eigenvalue weighted by Crippen LogP contribution is 2.32. The molecule has 2 aliphatic rings. The summed E-state index contributed by atoms with van der Waals surface area (Å²) in [5.41, 5.74) is 13.9. The fourth-order valence-electron chi connectivity index (χ4n) is 6.66. The Bertz CT molecular complexity index is 2240. The molecule has 6 N–H and O–H groups in total. The molecule has 2 aromatic carbocycles. The van der Waals surface area contributed by atoms with Gasteiger partial charge >= 0.3 is 0 Å². The molecule has 0 radical (unpaired) electrons. The lowest BCUT2D eigenvalue weighted by molar-refractivity contribution is 0.0599. The third-order valence-corrected chi connectivity index (χ3v) is 10.3. The van der Waals surface area contributed by atoms with Crippen LogP contribution in [0.25, 0.3) is 26.4 Å². The Morgan fingerprint density at radius 2 is 1.47 bits per heavy atom. The van der Waals surface area contributed by atoms with Gasteiger partial charge in [0.05, 0.1) is 34.0 Å². The number of nitrogens with zero attached hydrogens (tertiary/aromatic N) is 5. The molecule has 286 valence electrons. The fourth-order valence-corrected chi connectivity index (χ4v) is 7.20. The number of ketones is 1. The molecular weight excluding hydrogens is 741 g/mol. The molecule has 0 saturated carbocycles. The minimum atomic E-state index is -0.372. The number of nitrogens with one attached hydrogen (secondary N) is 2. The minimum absolute atomic E-state index is 0.0278. The van der Waals surface area contributed by atoms with Gasteiger partial charge in [0, 0.05) is 61.9 Å². The molecule has 15 heteroatoms. The number of hydrogen-bond acceptors (Lipinski definition) is 11. The van der Waals surface area contributed by atoms with Gasteiger partial charge in [-0.05, 0) is 80.5 Å². The summed E-state index contributed by atoms with van der Waals surface area (Å²) in [4.78, 5) is 46.6. The number of aromatic nitrogens is 4. The van der Waals surface area contributed by atoms with Crippen LogP contribution in [0.5, 0.6) is 0 Å². The number of benzene rings is 2. The van der Waals surface area contributed by atoms with E-state index < -0.39 is 0 Å². The monoisotopic (exact) mass is 783 g/mol. The van der Waals surface area contributed by atoms with Gasteiger partial charge in [0.15, 0.2) is 5.78 Å². The summed E-state index contributed by atoms with van der Waals surface area (Å²) in [6.45, 7) is 13.7. The number of amides is 1. The number of fused-ring (bicyclic) bond motifs is 2. The van der Waals surface area contributed by atoms with Crippen molar-refractivity contribution in [3.63, 3.8) is 0 Å². The molecule has 0 aliphatic carbocycles. The van der Waals surface area contributed by atoms with Gasteiger partial charge in [-0.2, -0.15) is 0 Å². The first kappa shape index (κ1) is 39.7. The van der Waals surface area contributed by atoms with E-state index in [4.69, 9.17) is 50.7 Å². The summed E-state index contributed by atoms with van der Waals surface area (Å²) >= 11 is 12.8. The van der Waals surface area contributed by atoms with Crippen molar-refractivity contribution in [2.75, 3.05) is 37.5 Å². The lowest BCUT2D eigenvalue weighted by Crippen LogP contribution is -2.39. The van der Waals surface area contributed by atoms with Gasteiger partial charge in [-0.15, -0.1) is 0 Å². The van der Waals surface area contributed by atoms with Gasteiger partial charge < -0.3 is 31.6 Å². The highest BCUT2D eigenvalue weighted by atomic mass is 35.5. The normalized spacial score (nSPS) is 16.1. The summed E-state index contributed by atoms with van der Waals surface area (Å²) in [6.07, 6.45) is 5.20. The smallest absolute Gasteiger partial charge is 0.270 e. The SMILES string of the molecule is C[C@H](N)c1cc2cccc(Cl)c2c(C(=O)CC2CCOCC2)n1.[C-]#[N+]c1cnc(N)nc1N[C@@H](C)c1cc2cccc(Cl)c2c(C(=O)NC2CCOCC2)n1. The molecular formula is C40H43Cl2N9O4. The predicted octanol–water partition coefficient (Wildman–Crippen LogP) is 7.80. The van der Waals surface area contributed by atoms with Gasteiger partial charge in [-0.25, -0.2) is 24.8 Å². The second-order valence-electron chi connectivity index (χ2n) is 13.7. The summed E-state index contributed by atoms with van der Waals surface area (Å²) in [5, 5.41) is 10.3. The number of ether oxygens (including phenoxy) is 2. The zero-order valence-corrected chi connectivity index (χ0v) is 32.2. The van der Waals surface area contributed by atoms with Crippen LogP contribution in [0, 0.1) is 12.5 Å². The van der Waals surface area contributed by atoms with Crippen LogP contribution in [0.2, 0.25) is 10.0 Å². The van der Waals surface area contributed by atoms with Gasteiger partial charge in [0.2, 0.25) is 11.6 Å². The summed E-state index contributed by atoms with van der Waals surface area (Å²) in [7, 11) is 0. The van der Waals surface area contributed by atoms with Crippen LogP contribution in [0.15, 0.2) is 54.7 Å². The van der Waals surface area contributed by atoms with Crippen molar-refractivity contribution in [1.82, 2.24) is 25.3 Å². The Morgan fingerprint density at radius 3 is 2.09 bits per heavy atom. The van der Waals surface area contributed by atoms with Crippen molar-refractivity contribution >= 4 is 73.9 Å². The lowest BCUT2D eigenvalue weighted by Gasteiger charge is -2.23. The van der Waals surface area contributed by atoms with Crippen molar-refractivity contribution < 1.29 is 19.1 Å². The third kappa shape index (κ3) is 9.65. The largest absolute Gasteiger partial charge is 0.381 e. The molecule has 3 aromatic heterocycles. The first-order valence-corrected chi connectivity index (χ1v) is 19.0. The van der Waals surface area contributed by atoms with E-state index in [9.17, 15) is 9.59 Å². The number of carbonyl (C=O) groups is 2. The van der Waals surface area contributed by atoms with E-state index in [2.05, 4.69) is 35.4 Å².